The van der Waals surface area contributed by atoms with Crippen LogP contribution < -0.4 is 14.8 Å². The highest BCUT2D eigenvalue weighted by Gasteiger charge is 2.34. The lowest BCUT2D eigenvalue weighted by Gasteiger charge is -2.37. The Hall–Kier alpha value is -2.86. The molecule has 0 unspecified atom stereocenters. The van der Waals surface area contributed by atoms with Crippen LogP contribution in [0, 0.1) is 5.82 Å². The molecule has 0 atom stereocenters. The van der Waals surface area contributed by atoms with Crippen LogP contribution in [0.4, 0.5) is 4.39 Å². The lowest BCUT2D eigenvalue weighted by molar-refractivity contribution is -0.116. The molecule has 1 heterocycles. The largest absolute Gasteiger partial charge is 0.497 e. The molecular weight excluding hydrogens is 373 g/mol. The van der Waals surface area contributed by atoms with Crippen molar-refractivity contribution in [2.24, 2.45) is 0 Å². The van der Waals surface area contributed by atoms with Crippen molar-refractivity contribution in [3.8, 4) is 11.5 Å². The summed E-state index contributed by atoms with van der Waals surface area (Å²) in [5.41, 5.74) is 1.56. The van der Waals surface area contributed by atoms with E-state index < -0.39 is 0 Å². The van der Waals surface area contributed by atoms with Gasteiger partial charge in [-0.2, -0.15) is 0 Å². The summed E-state index contributed by atoms with van der Waals surface area (Å²) in [6, 6.07) is 11.9. The molecule has 0 saturated carbocycles. The third kappa shape index (κ3) is 5.35. The van der Waals surface area contributed by atoms with Gasteiger partial charge in [0, 0.05) is 37.3 Å². The molecule has 0 bridgehead atoms. The van der Waals surface area contributed by atoms with Gasteiger partial charge < -0.3 is 19.5 Å². The number of carbonyl (C=O) groups excluding carboxylic acids is 1. The molecule has 1 aliphatic rings. The maximum atomic E-state index is 13.3. The van der Waals surface area contributed by atoms with E-state index >= 15 is 0 Å². The molecule has 1 N–H and O–H groups in total. The van der Waals surface area contributed by atoms with Crippen LogP contribution in [0.1, 0.15) is 24.0 Å². The van der Waals surface area contributed by atoms with Crippen molar-refractivity contribution in [1.29, 1.82) is 0 Å². The molecular formula is C23H26FNO4. The lowest BCUT2D eigenvalue weighted by Crippen LogP contribution is -2.44. The number of ether oxygens (including phenoxy) is 3. The maximum Gasteiger partial charge on any atom is 0.244 e. The minimum atomic E-state index is -0.267. The van der Waals surface area contributed by atoms with Gasteiger partial charge in [-0.15, -0.1) is 0 Å². The second-order valence-corrected chi connectivity index (χ2v) is 7.10. The average molecular weight is 399 g/mol. The topological polar surface area (TPSA) is 56.8 Å². The number of rotatable bonds is 7. The zero-order chi connectivity index (χ0) is 20.7. The van der Waals surface area contributed by atoms with E-state index in [1.807, 2.05) is 12.1 Å². The van der Waals surface area contributed by atoms with Crippen molar-refractivity contribution >= 4 is 12.0 Å². The molecule has 5 nitrogen and oxygen atoms in total. The van der Waals surface area contributed by atoms with Gasteiger partial charge in [0.15, 0.2) is 0 Å². The van der Waals surface area contributed by atoms with Gasteiger partial charge in [-0.1, -0.05) is 12.1 Å². The summed E-state index contributed by atoms with van der Waals surface area (Å²) in [5, 5.41) is 3.00. The molecule has 29 heavy (non-hydrogen) atoms. The lowest BCUT2D eigenvalue weighted by atomic mass is 9.74. The smallest absolute Gasteiger partial charge is 0.244 e. The number of hydrogen-bond acceptors (Lipinski definition) is 4. The standard InChI is InChI=1S/C23H26FNO4/c1-27-20-13-17(14-21(15-20)28-2)3-8-22(26)25-16-23(9-11-29-12-10-23)18-4-6-19(24)7-5-18/h3-8,13-15H,9-12,16H2,1-2H3,(H,25,26). The predicted octanol–water partition coefficient (Wildman–Crippen LogP) is 3.72. The molecule has 2 aromatic rings. The number of halogens is 1. The van der Waals surface area contributed by atoms with Crippen LogP contribution in [0.15, 0.2) is 48.5 Å². The van der Waals surface area contributed by atoms with Crippen molar-refractivity contribution in [3.63, 3.8) is 0 Å². The SMILES string of the molecule is COc1cc(C=CC(=O)NCC2(c3ccc(F)cc3)CCOCC2)cc(OC)c1. The third-order valence-corrected chi connectivity index (χ3v) is 5.31. The maximum absolute atomic E-state index is 13.3. The van der Waals surface area contributed by atoms with Gasteiger partial charge in [-0.25, -0.2) is 4.39 Å². The van der Waals surface area contributed by atoms with Gasteiger partial charge in [0.05, 0.1) is 14.2 Å². The Kier molecular flexibility index (Phi) is 6.88. The Morgan fingerprint density at radius 3 is 2.31 bits per heavy atom. The highest BCUT2D eigenvalue weighted by molar-refractivity contribution is 5.91. The first-order valence-electron chi connectivity index (χ1n) is 9.57. The molecule has 1 aliphatic heterocycles. The Bertz CT molecular complexity index is 835. The van der Waals surface area contributed by atoms with Gasteiger partial charge in [0.1, 0.15) is 17.3 Å². The summed E-state index contributed by atoms with van der Waals surface area (Å²) in [4.78, 5) is 12.4. The van der Waals surface area contributed by atoms with Gasteiger partial charge in [0.25, 0.3) is 0 Å². The number of hydrogen-bond donors (Lipinski definition) is 1. The number of methoxy groups -OCH3 is 2. The zero-order valence-electron chi connectivity index (χ0n) is 16.7. The predicted molar refractivity (Wildman–Crippen MR) is 110 cm³/mol. The van der Waals surface area contributed by atoms with E-state index in [9.17, 15) is 9.18 Å². The Balaban J connectivity index is 1.69. The highest BCUT2D eigenvalue weighted by atomic mass is 19.1. The van der Waals surface area contributed by atoms with Crippen LogP contribution in [0.3, 0.4) is 0 Å². The van der Waals surface area contributed by atoms with Crippen molar-refractivity contribution in [2.45, 2.75) is 18.3 Å². The van der Waals surface area contributed by atoms with Crippen LogP contribution in [0.2, 0.25) is 0 Å². The van der Waals surface area contributed by atoms with Crippen LogP contribution in [0.5, 0.6) is 11.5 Å². The first-order valence-corrected chi connectivity index (χ1v) is 9.57. The van der Waals surface area contributed by atoms with Crippen LogP contribution in [0.25, 0.3) is 6.08 Å². The molecule has 1 fully saturated rings. The third-order valence-electron chi connectivity index (χ3n) is 5.31. The molecule has 0 spiro atoms. The summed E-state index contributed by atoms with van der Waals surface area (Å²) >= 11 is 0. The molecule has 0 aliphatic carbocycles. The molecule has 3 rings (SSSR count). The zero-order valence-corrected chi connectivity index (χ0v) is 16.7. The van der Waals surface area contributed by atoms with Crippen molar-refractivity contribution in [3.05, 3.63) is 65.5 Å². The second kappa shape index (κ2) is 9.56. The quantitative estimate of drug-likeness (QED) is 0.721. The van der Waals surface area contributed by atoms with Gasteiger partial charge in [-0.05, 0) is 54.3 Å². The first-order chi connectivity index (χ1) is 14.0. The average Bonchev–Trinajstić information content (AvgIpc) is 2.77. The molecule has 154 valence electrons. The molecule has 1 amide bonds. The van der Waals surface area contributed by atoms with Gasteiger partial charge in [-0.3, -0.25) is 4.79 Å². The highest BCUT2D eigenvalue weighted by Crippen LogP contribution is 2.34. The van der Waals surface area contributed by atoms with E-state index in [-0.39, 0.29) is 17.1 Å². The molecule has 0 aromatic heterocycles. The van der Waals surface area contributed by atoms with Crippen molar-refractivity contribution < 1.29 is 23.4 Å². The number of amides is 1. The number of nitrogens with one attached hydrogen (secondary N) is 1. The van der Waals surface area contributed by atoms with Crippen LogP contribution in [-0.2, 0) is 14.9 Å². The fraction of sp³-hybridized carbons (Fsp3) is 0.348. The fourth-order valence-electron chi connectivity index (χ4n) is 3.55. The fourth-order valence-corrected chi connectivity index (χ4v) is 3.55. The van der Waals surface area contributed by atoms with E-state index in [0.29, 0.717) is 31.3 Å². The van der Waals surface area contributed by atoms with Crippen molar-refractivity contribution in [1.82, 2.24) is 5.32 Å². The van der Waals surface area contributed by atoms with E-state index in [1.165, 1.54) is 18.2 Å². The Morgan fingerprint density at radius 2 is 1.72 bits per heavy atom. The van der Waals surface area contributed by atoms with Crippen molar-refractivity contribution in [2.75, 3.05) is 34.0 Å². The number of benzene rings is 2. The summed E-state index contributed by atoms with van der Waals surface area (Å²) in [6.07, 6.45) is 4.76. The van der Waals surface area contributed by atoms with Crippen LogP contribution in [-0.4, -0.2) is 39.9 Å². The van der Waals surface area contributed by atoms with E-state index in [4.69, 9.17) is 14.2 Å². The molecule has 0 radical (unpaired) electrons. The monoisotopic (exact) mass is 399 g/mol. The molecule has 1 saturated heterocycles. The summed E-state index contributed by atoms with van der Waals surface area (Å²) < 4.78 is 29.3. The first kappa shape index (κ1) is 20.9. The van der Waals surface area contributed by atoms with Crippen LogP contribution >= 0.6 is 0 Å². The number of carbonyl (C=O) groups is 1. The Labute approximate surface area is 170 Å². The van der Waals surface area contributed by atoms with Gasteiger partial charge >= 0.3 is 0 Å². The van der Waals surface area contributed by atoms with Gasteiger partial charge in [0.2, 0.25) is 5.91 Å². The molecule has 6 heteroatoms. The van der Waals surface area contributed by atoms with E-state index in [2.05, 4.69) is 5.32 Å². The minimum absolute atomic E-state index is 0.195. The van der Waals surface area contributed by atoms with E-state index in [0.717, 1.165) is 24.0 Å². The summed E-state index contributed by atoms with van der Waals surface area (Å²) in [5.74, 6) is 0.847. The summed E-state index contributed by atoms with van der Waals surface area (Å²) in [7, 11) is 3.16. The van der Waals surface area contributed by atoms with E-state index in [1.54, 1.807) is 38.5 Å². The summed E-state index contributed by atoms with van der Waals surface area (Å²) in [6.45, 7) is 1.70. The molecule has 2 aromatic carbocycles. The Morgan fingerprint density at radius 1 is 1.10 bits per heavy atom. The normalized spacial score (nSPS) is 15.8. The second-order valence-electron chi connectivity index (χ2n) is 7.10. The minimum Gasteiger partial charge on any atom is -0.497 e.